The molecule has 0 bridgehead atoms. The van der Waals surface area contributed by atoms with Crippen molar-refractivity contribution in [3.8, 4) is 0 Å². The van der Waals surface area contributed by atoms with Crippen LogP contribution in [0.25, 0.3) is 0 Å². The van der Waals surface area contributed by atoms with Crippen LogP contribution in [0.15, 0.2) is 42.5 Å². The molecule has 0 spiro atoms. The molecule has 2 rings (SSSR count). The van der Waals surface area contributed by atoms with E-state index in [1.54, 1.807) is 13.0 Å². The van der Waals surface area contributed by atoms with Gasteiger partial charge in [0.05, 0.1) is 6.04 Å². The number of hydrogen-bond acceptors (Lipinski definition) is 1. The summed E-state index contributed by atoms with van der Waals surface area (Å²) in [5.41, 5.74) is 4.00. The first kappa shape index (κ1) is 12.8. The van der Waals surface area contributed by atoms with Crippen LogP contribution in [0, 0.1) is 19.7 Å². The van der Waals surface area contributed by atoms with Crippen LogP contribution in [0.3, 0.4) is 0 Å². The first-order valence-corrected chi connectivity index (χ1v) is 6.11. The van der Waals surface area contributed by atoms with Crippen molar-refractivity contribution >= 4 is 0 Å². The molecule has 0 heterocycles. The molecular formula is C16H18FN. The largest absolute Gasteiger partial charge is 0.309 e. The smallest absolute Gasteiger partial charge is 0.126 e. The molecule has 94 valence electrons. The highest BCUT2D eigenvalue weighted by Crippen LogP contribution is 2.23. The molecule has 2 heteroatoms. The lowest BCUT2D eigenvalue weighted by Crippen LogP contribution is -2.17. The molecule has 1 N–H and O–H groups in total. The molecule has 0 saturated heterocycles. The maximum Gasteiger partial charge on any atom is 0.126 e. The summed E-state index contributed by atoms with van der Waals surface area (Å²) in [6.07, 6.45) is 0. The van der Waals surface area contributed by atoms with E-state index in [1.165, 1.54) is 5.56 Å². The summed E-state index contributed by atoms with van der Waals surface area (Å²) in [4.78, 5) is 0. The van der Waals surface area contributed by atoms with Gasteiger partial charge in [0.1, 0.15) is 5.82 Å². The summed E-state index contributed by atoms with van der Waals surface area (Å²) >= 11 is 0. The summed E-state index contributed by atoms with van der Waals surface area (Å²) < 4.78 is 13.6. The van der Waals surface area contributed by atoms with E-state index in [0.717, 1.165) is 11.1 Å². The number of halogens is 1. The Hall–Kier alpha value is -1.67. The van der Waals surface area contributed by atoms with Gasteiger partial charge in [-0.25, -0.2) is 4.39 Å². The second-order valence-electron chi connectivity index (χ2n) is 4.64. The molecule has 18 heavy (non-hydrogen) atoms. The van der Waals surface area contributed by atoms with Gasteiger partial charge in [0.2, 0.25) is 0 Å². The minimum atomic E-state index is -0.153. The van der Waals surface area contributed by atoms with E-state index < -0.39 is 0 Å². The molecule has 0 radical (unpaired) electrons. The van der Waals surface area contributed by atoms with Gasteiger partial charge in [0.15, 0.2) is 0 Å². The third-order valence-electron chi connectivity index (χ3n) is 3.23. The van der Waals surface area contributed by atoms with Crippen LogP contribution >= 0.6 is 0 Å². The van der Waals surface area contributed by atoms with Gasteiger partial charge >= 0.3 is 0 Å². The fourth-order valence-corrected chi connectivity index (χ4v) is 2.07. The Kier molecular flexibility index (Phi) is 3.78. The van der Waals surface area contributed by atoms with Crippen molar-refractivity contribution in [2.24, 2.45) is 0 Å². The van der Waals surface area contributed by atoms with Gasteiger partial charge in [0, 0.05) is 0 Å². The molecule has 1 unspecified atom stereocenters. The van der Waals surface area contributed by atoms with Crippen molar-refractivity contribution in [1.82, 2.24) is 5.32 Å². The predicted octanol–water partition coefficient (Wildman–Crippen LogP) is 3.75. The monoisotopic (exact) mass is 243 g/mol. The minimum absolute atomic E-state index is 0.0284. The van der Waals surface area contributed by atoms with Crippen molar-refractivity contribution in [2.75, 3.05) is 7.05 Å². The highest BCUT2D eigenvalue weighted by atomic mass is 19.1. The van der Waals surface area contributed by atoms with Crippen LogP contribution in [0.1, 0.15) is 28.3 Å². The van der Waals surface area contributed by atoms with Crippen molar-refractivity contribution in [2.45, 2.75) is 19.9 Å². The molecular weight excluding hydrogens is 225 g/mol. The van der Waals surface area contributed by atoms with Gasteiger partial charge in [-0.1, -0.05) is 42.0 Å². The Balaban J connectivity index is 2.38. The van der Waals surface area contributed by atoms with Gasteiger partial charge < -0.3 is 5.32 Å². The molecule has 1 atom stereocenters. The molecule has 0 fully saturated rings. The van der Waals surface area contributed by atoms with Crippen LogP contribution in [0.2, 0.25) is 0 Å². The molecule has 2 aromatic rings. The van der Waals surface area contributed by atoms with Gasteiger partial charge in [-0.2, -0.15) is 0 Å². The van der Waals surface area contributed by atoms with Crippen LogP contribution < -0.4 is 5.32 Å². The number of nitrogens with one attached hydrogen (secondary N) is 1. The molecule has 0 aliphatic carbocycles. The first-order chi connectivity index (χ1) is 8.61. The lowest BCUT2D eigenvalue weighted by Gasteiger charge is -2.18. The SMILES string of the molecule is CNC(c1ccc(C)cc1)c1ccc(C)c(F)c1. The second kappa shape index (κ2) is 5.32. The third kappa shape index (κ3) is 2.59. The maximum atomic E-state index is 13.6. The Morgan fingerprint density at radius 3 is 2.11 bits per heavy atom. The Morgan fingerprint density at radius 1 is 0.944 bits per heavy atom. The predicted molar refractivity (Wildman–Crippen MR) is 73.2 cm³/mol. The molecule has 0 aliphatic rings. The highest BCUT2D eigenvalue weighted by Gasteiger charge is 2.12. The summed E-state index contributed by atoms with van der Waals surface area (Å²) in [5.74, 6) is -0.153. The number of rotatable bonds is 3. The van der Waals surface area contributed by atoms with E-state index in [2.05, 4.69) is 36.5 Å². The molecule has 2 aromatic carbocycles. The summed E-state index contributed by atoms with van der Waals surface area (Å²) in [7, 11) is 1.89. The van der Waals surface area contributed by atoms with Crippen LogP contribution in [-0.2, 0) is 0 Å². The Labute approximate surface area is 108 Å². The van der Waals surface area contributed by atoms with E-state index in [4.69, 9.17) is 0 Å². The minimum Gasteiger partial charge on any atom is -0.309 e. The van der Waals surface area contributed by atoms with Crippen molar-refractivity contribution < 1.29 is 4.39 Å². The molecule has 0 saturated carbocycles. The van der Waals surface area contributed by atoms with E-state index in [9.17, 15) is 4.39 Å². The lowest BCUT2D eigenvalue weighted by atomic mass is 9.97. The van der Waals surface area contributed by atoms with E-state index in [1.807, 2.05) is 19.2 Å². The van der Waals surface area contributed by atoms with Gasteiger partial charge in [0.25, 0.3) is 0 Å². The zero-order valence-corrected chi connectivity index (χ0v) is 11.0. The standard InChI is InChI=1S/C16H18FN/c1-11-4-7-13(8-5-11)16(18-3)14-9-6-12(2)15(17)10-14/h4-10,16,18H,1-3H3. The zero-order chi connectivity index (χ0) is 13.1. The summed E-state index contributed by atoms with van der Waals surface area (Å²) in [6, 6.07) is 13.7. The number of hydrogen-bond donors (Lipinski definition) is 1. The molecule has 0 aliphatic heterocycles. The van der Waals surface area contributed by atoms with E-state index in [0.29, 0.717) is 5.56 Å². The summed E-state index contributed by atoms with van der Waals surface area (Å²) in [5, 5.41) is 3.23. The quantitative estimate of drug-likeness (QED) is 0.865. The average molecular weight is 243 g/mol. The fraction of sp³-hybridized carbons (Fsp3) is 0.250. The molecule has 0 amide bonds. The van der Waals surface area contributed by atoms with Gasteiger partial charge in [-0.05, 0) is 43.7 Å². The van der Waals surface area contributed by atoms with E-state index >= 15 is 0 Å². The average Bonchev–Trinajstić information content (AvgIpc) is 2.37. The van der Waals surface area contributed by atoms with Crippen molar-refractivity contribution in [3.63, 3.8) is 0 Å². The molecule has 1 nitrogen and oxygen atoms in total. The third-order valence-corrected chi connectivity index (χ3v) is 3.23. The highest BCUT2D eigenvalue weighted by molar-refractivity contribution is 5.35. The van der Waals surface area contributed by atoms with Gasteiger partial charge in [-0.15, -0.1) is 0 Å². The van der Waals surface area contributed by atoms with Crippen LogP contribution in [0.4, 0.5) is 4.39 Å². The van der Waals surface area contributed by atoms with Crippen LogP contribution in [-0.4, -0.2) is 7.05 Å². The second-order valence-corrected chi connectivity index (χ2v) is 4.64. The van der Waals surface area contributed by atoms with Crippen molar-refractivity contribution in [3.05, 3.63) is 70.5 Å². The Bertz CT molecular complexity index is 531. The maximum absolute atomic E-state index is 13.6. The van der Waals surface area contributed by atoms with E-state index in [-0.39, 0.29) is 11.9 Å². The van der Waals surface area contributed by atoms with Crippen LogP contribution in [0.5, 0.6) is 0 Å². The Morgan fingerprint density at radius 2 is 1.56 bits per heavy atom. The normalized spacial score (nSPS) is 12.4. The topological polar surface area (TPSA) is 12.0 Å². The van der Waals surface area contributed by atoms with Crippen molar-refractivity contribution in [1.29, 1.82) is 0 Å². The fourth-order valence-electron chi connectivity index (χ4n) is 2.07. The first-order valence-electron chi connectivity index (χ1n) is 6.11. The number of aryl methyl sites for hydroxylation is 2. The van der Waals surface area contributed by atoms with Gasteiger partial charge in [-0.3, -0.25) is 0 Å². The molecule has 0 aromatic heterocycles. The zero-order valence-electron chi connectivity index (χ0n) is 11.0. The number of benzene rings is 2. The lowest BCUT2D eigenvalue weighted by molar-refractivity contribution is 0.608. The summed E-state index contributed by atoms with van der Waals surface area (Å²) in [6.45, 7) is 3.84.